The molecule has 8 heteroatoms. The van der Waals surface area contributed by atoms with Crippen molar-refractivity contribution in [2.24, 2.45) is 0 Å². The number of rotatable bonds is 6. The Morgan fingerprint density at radius 2 is 2.07 bits per heavy atom. The number of hydrogen-bond acceptors (Lipinski definition) is 4. The summed E-state index contributed by atoms with van der Waals surface area (Å²) in [4.78, 5) is 10.6. The molecule has 0 heterocycles. The minimum atomic E-state index is -4.10. The molecule has 0 saturated heterocycles. The SMILES string of the molecule is CCOC(=O)CNS(=O)(=O)CC(F)F. The summed E-state index contributed by atoms with van der Waals surface area (Å²) >= 11 is 0. The van der Waals surface area contributed by atoms with Crippen LogP contribution in [-0.4, -0.2) is 39.7 Å². The second-order valence-electron chi connectivity index (χ2n) is 2.30. The minimum Gasteiger partial charge on any atom is -0.465 e. The summed E-state index contributed by atoms with van der Waals surface area (Å²) in [6, 6.07) is 0. The van der Waals surface area contributed by atoms with E-state index in [1.165, 1.54) is 0 Å². The molecule has 0 spiro atoms. The van der Waals surface area contributed by atoms with E-state index in [2.05, 4.69) is 4.74 Å². The quantitative estimate of drug-likeness (QED) is 0.639. The van der Waals surface area contributed by atoms with Gasteiger partial charge in [-0.2, -0.15) is 0 Å². The molecule has 0 aromatic rings. The summed E-state index contributed by atoms with van der Waals surface area (Å²) in [7, 11) is -4.10. The lowest BCUT2D eigenvalue weighted by Crippen LogP contribution is -2.34. The first-order valence-corrected chi connectivity index (χ1v) is 5.43. The molecule has 0 atom stereocenters. The van der Waals surface area contributed by atoms with E-state index >= 15 is 0 Å². The Balaban J connectivity index is 3.94. The molecule has 0 rings (SSSR count). The zero-order valence-corrected chi connectivity index (χ0v) is 8.31. The first-order valence-electron chi connectivity index (χ1n) is 3.78. The summed E-state index contributed by atoms with van der Waals surface area (Å²) < 4.78 is 50.9. The van der Waals surface area contributed by atoms with Crippen LogP contribution in [0.25, 0.3) is 0 Å². The van der Waals surface area contributed by atoms with Crippen LogP contribution in [0.1, 0.15) is 6.92 Å². The third kappa shape index (κ3) is 6.72. The van der Waals surface area contributed by atoms with Gasteiger partial charge in [-0.1, -0.05) is 0 Å². The summed E-state index contributed by atoms with van der Waals surface area (Å²) in [5, 5.41) is 0. The molecule has 0 aromatic carbocycles. The first-order chi connectivity index (χ1) is 6.37. The molecular formula is C6H11F2NO4S. The van der Waals surface area contributed by atoms with Crippen molar-refractivity contribution in [3.63, 3.8) is 0 Å². The van der Waals surface area contributed by atoms with E-state index < -0.39 is 34.7 Å². The van der Waals surface area contributed by atoms with Crippen LogP contribution in [0.5, 0.6) is 0 Å². The molecule has 14 heavy (non-hydrogen) atoms. The van der Waals surface area contributed by atoms with Crippen LogP contribution >= 0.6 is 0 Å². The molecule has 0 aliphatic rings. The Morgan fingerprint density at radius 3 is 2.50 bits per heavy atom. The highest BCUT2D eigenvalue weighted by Crippen LogP contribution is 1.96. The maximum absolute atomic E-state index is 11.7. The molecule has 0 radical (unpaired) electrons. The van der Waals surface area contributed by atoms with E-state index in [4.69, 9.17) is 0 Å². The number of esters is 1. The van der Waals surface area contributed by atoms with Gasteiger partial charge in [-0.15, -0.1) is 0 Å². The minimum absolute atomic E-state index is 0.107. The Bertz CT molecular complexity index is 278. The van der Waals surface area contributed by atoms with Crippen LogP contribution in [0.2, 0.25) is 0 Å². The van der Waals surface area contributed by atoms with Gasteiger partial charge in [-0.3, -0.25) is 4.79 Å². The molecular weight excluding hydrogens is 220 g/mol. The molecule has 0 saturated carbocycles. The van der Waals surface area contributed by atoms with Gasteiger partial charge in [-0.25, -0.2) is 21.9 Å². The third-order valence-corrected chi connectivity index (χ3v) is 2.36. The number of halogens is 2. The maximum atomic E-state index is 11.7. The number of sulfonamides is 1. The molecule has 0 amide bonds. The average molecular weight is 231 g/mol. The number of ether oxygens (including phenoxy) is 1. The van der Waals surface area contributed by atoms with Crippen molar-refractivity contribution in [3.05, 3.63) is 0 Å². The average Bonchev–Trinajstić information content (AvgIpc) is 1.99. The Hall–Kier alpha value is -0.760. The number of alkyl halides is 2. The van der Waals surface area contributed by atoms with Crippen molar-refractivity contribution in [3.8, 4) is 0 Å². The summed E-state index contributed by atoms with van der Waals surface area (Å²) in [5.74, 6) is -2.11. The molecule has 84 valence electrons. The second-order valence-corrected chi connectivity index (χ2v) is 4.15. The van der Waals surface area contributed by atoms with E-state index in [1.54, 1.807) is 11.6 Å². The fraction of sp³-hybridized carbons (Fsp3) is 0.833. The van der Waals surface area contributed by atoms with E-state index in [9.17, 15) is 22.0 Å². The lowest BCUT2D eigenvalue weighted by molar-refractivity contribution is -0.141. The number of hydrogen-bond donors (Lipinski definition) is 1. The number of carbonyl (C=O) groups excluding carboxylic acids is 1. The summed E-state index contributed by atoms with van der Waals surface area (Å²) in [6.45, 7) is 1.03. The smallest absolute Gasteiger partial charge is 0.320 e. The second kappa shape index (κ2) is 5.86. The molecule has 5 nitrogen and oxygen atoms in total. The molecule has 0 unspecified atom stereocenters. The number of nitrogens with one attached hydrogen (secondary N) is 1. The standard InChI is InChI=1S/C6H11F2NO4S/c1-2-13-6(10)3-9-14(11,12)4-5(7)8/h5,9H,2-4H2,1H3. The monoisotopic (exact) mass is 231 g/mol. The van der Waals surface area contributed by atoms with E-state index in [0.29, 0.717) is 0 Å². The highest BCUT2D eigenvalue weighted by atomic mass is 32.2. The fourth-order valence-corrected chi connectivity index (χ4v) is 1.39. The topological polar surface area (TPSA) is 72.5 Å². The van der Waals surface area contributed by atoms with E-state index in [-0.39, 0.29) is 6.61 Å². The van der Waals surface area contributed by atoms with Crippen LogP contribution in [0.3, 0.4) is 0 Å². The van der Waals surface area contributed by atoms with Gasteiger partial charge in [-0.05, 0) is 6.92 Å². The predicted molar refractivity (Wildman–Crippen MR) is 44.4 cm³/mol. The lowest BCUT2D eigenvalue weighted by atomic mass is 10.7. The van der Waals surface area contributed by atoms with Crippen molar-refractivity contribution >= 4 is 16.0 Å². The molecule has 0 bridgehead atoms. The van der Waals surface area contributed by atoms with Crippen LogP contribution in [0, 0.1) is 0 Å². The Morgan fingerprint density at radius 1 is 1.50 bits per heavy atom. The van der Waals surface area contributed by atoms with Gasteiger partial charge in [0.2, 0.25) is 10.0 Å². The molecule has 0 fully saturated rings. The normalized spacial score (nSPS) is 11.7. The van der Waals surface area contributed by atoms with Gasteiger partial charge in [0.15, 0.2) is 0 Å². The Kier molecular flexibility index (Phi) is 5.55. The zero-order valence-electron chi connectivity index (χ0n) is 7.50. The van der Waals surface area contributed by atoms with Crippen LogP contribution in [-0.2, 0) is 19.6 Å². The van der Waals surface area contributed by atoms with Crippen LogP contribution < -0.4 is 4.72 Å². The van der Waals surface area contributed by atoms with Gasteiger partial charge in [0.05, 0.1) is 6.61 Å². The predicted octanol–water partition coefficient (Wildman–Crippen LogP) is -0.266. The van der Waals surface area contributed by atoms with Gasteiger partial charge in [0, 0.05) is 0 Å². The molecule has 0 aromatic heterocycles. The van der Waals surface area contributed by atoms with Gasteiger partial charge in [0.25, 0.3) is 6.43 Å². The summed E-state index contributed by atoms with van der Waals surface area (Å²) in [6.07, 6.45) is -2.96. The largest absolute Gasteiger partial charge is 0.465 e. The zero-order chi connectivity index (χ0) is 11.2. The van der Waals surface area contributed by atoms with Crippen molar-refractivity contribution in [2.45, 2.75) is 13.3 Å². The fourth-order valence-electron chi connectivity index (χ4n) is 0.606. The highest BCUT2D eigenvalue weighted by Gasteiger charge is 2.18. The molecule has 1 N–H and O–H groups in total. The molecule has 0 aliphatic heterocycles. The Labute approximate surface area is 80.5 Å². The van der Waals surface area contributed by atoms with Crippen LogP contribution in [0.4, 0.5) is 8.78 Å². The van der Waals surface area contributed by atoms with Crippen molar-refractivity contribution in [2.75, 3.05) is 18.9 Å². The van der Waals surface area contributed by atoms with Crippen molar-refractivity contribution in [1.29, 1.82) is 0 Å². The lowest BCUT2D eigenvalue weighted by Gasteiger charge is -2.05. The van der Waals surface area contributed by atoms with Gasteiger partial charge in [0.1, 0.15) is 12.3 Å². The number of carbonyl (C=O) groups is 1. The van der Waals surface area contributed by atoms with E-state index in [0.717, 1.165) is 0 Å². The van der Waals surface area contributed by atoms with Gasteiger partial charge >= 0.3 is 5.97 Å². The molecule has 0 aliphatic carbocycles. The van der Waals surface area contributed by atoms with Gasteiger partial charge < -0.3 is 4.74 Å². The van der Waals surface area contributed by atoms with E-state index in [1.807, 2.05) is 0 Å². The van der Waals surface area contributed by atoms with Crippen molar-refractivity contribution < 1.29 is 26.7 Å². The third-order valence-electron chi connectivity index (χ3n) is 1.09. The first kappa shape index (κ1) is 13.2. The summed E-state index contributed by atoms with van der Waals surface area (Å²) in [5.41, 5.74) is 0. The van der Waals surface area contributed by atoms with Crippen LogP contribution in [0.15, 0.2) is 0 Å². The maximum Gasteiger partial charge on any atom is 0.320 e. The highest BCUT2D eigenvalue weighted by molar-refractivity contribution is 7.89. The van der Waals surface area contributed by atoms with Crippen molar-refractivity contribution in [1.82, 2.24) is 4.72 Å².